The Morgan fingerprint density at radius 1 is 1.35 bits per heavy atom. The van der Waals surface area contributed by atoms with Crippen LogP contribution in [0.4, 0.5) is 5.82 Å². The van der Waals surface area contributed by atoms with Crippen molar-refractivity contribution in [3.63, 3.8) is 0 Å². The fraction of sp³-hybridized carbons (Fsp3) is 0.579. The Hall–Kier alpha value is -2.44. The molecule has 2 aromatic heterocycles. The molecule has 2 fully saturated rings. The minimum Gasteiger partial charge on any atom is -0.357 e. The lowest BCUT2D eigenvalue weighted by atomic mass is 9.64. The first-order valence-corrected chi connectivity index (χ1v) is 9.38. The highest BCUT2D eigenvalue weighted by molar-refractivity contribution is 5.76. The van der Waals surface area contributed by atoms with Gasteiger partial charge in [-0.2, -0.15) is 0 Å². The van der Waals surface area contributed by atoms with Gasteiger partial charge >= 0.3 is 0 Å². The summed E-state index contributed by atoms with van der Waals surface area (Å²) in [5.74, 6) is 1.28. The maximum atomic E-state index is 12.5. The lowest BCUT2D eigenvalue weighted by Gasteiger charge is -2.49. The summed E-state index contributed by atoms with van der Waals surface area (Å²) < 4.78 is 2.03. The van der Waals surface area contributed by atoms with Gasteiger partial charge in [0, 0.05) is 57.7 Å². The summed E-state index contributed by atoms with van der Waals surface area (Å²) in [5.41, 5.74) is 0.325. The van der Waals surface area contributed by atoms with Gasteiger partial charge in [0.05, 0.1) is 6.33 Å². The molecule has 0 bridgehead atoms. The number of aryl methyl sites for hydroxylation is 1. The normalized spacial score (nSPS) is 24.7. The summed E-state index contributed by atoms with van der Waals surface area (Å²) in [6, 6.07) is 2.47. The van der Waals surface area contributed by atoms with Gasteiger partial charge in [-0.15, -0.1) is 0 Å². The van der Waals surface area contributed by atoms with E-state index in [0.29, 0.717) is 23.8 Å². The van der Waals surface area contributed by atoms with Crippen molar-refractivity contribution in [2.45, 2.75) is 44.7 Å². The Kier molecular flexibility index (Phi) is 4.61. The van der Waals surface area contributed by atoms with Crippen LogP contribution in [0.2, 0.25) is 0 Å². The van der Waals surface area contributed by atoms with Crippen molar-refractivity contribution in [2.24, 2.45) is 5.41 Å². The van der Waals surface area contributed by atoms with E-state index in [1.807, 2.05) is 16.8 Å². The van der Waals surface area contributed by atoms with Crippen molar-refractivity contribution in [1.82, 2.24) is 24.4 Å². The number of hydrogen-bond donors (Lipinski definition) is 0. The summed E-state index contributed by atoms with van der Waals surface area (Å²) in [6.07, 6.45) is 13.8. The highest BCUT2D eigenvalue weighted by Crippen LogP contribution is 2.50. The predicted octanol–water partition coefficient (Wildman–Crippen LogP) is 1.97. The number of amides is 1. The maximum absolute atomic E-state index is 12.5. The summed E-state index contributed by atoms with van der Waals surface area (Å²) in [4.78, 5) is 29.2. The second kappa shape index (κ2) is 7.05. The molecular formula is C19H26N6O. The largest absolute Gasteiger partial charge is 0.357 e. The second-order valence-electron chi connectivity index (χ2n) is 7.71. The van der Waals surface area contributed by atoms with Crippen LogP contribution in [0.25, 0.3) is 0 Å². The molecule has 138 valence electrons. The van der Waals surface area contributed by atoms with Gasteiger partial charge in [-0.1, -0.05) is 0 Å². The lowest BCUT2D eigenvalue weighted by Crippen LogP contribution is -2.51. The average Bonchev–Trinajstić information content (AvgIpc) is 3.30. The van der Waals surface area contributed by atoms with E-state index in [-0.39, 0.29) is 0 Å². The van der Waals surface area contributed by atoms with Gasteiger partial charge in [0.1, 0.15) is 12.1 Å². The third-order valence-corrected chi connectivity index (χ3v) is 5.97. The van der Waals surface area contributed by atoms with Crippen molar-refractivity contribution in [3.05, 3.63) is 37.3 Å². The van der Waals surface area contributed by atoms with Gasteiger partial charge < -0.3 is 14.4 Å². The number of nitrogens with zero attached hydrogens (tertiary/aromatic N) is 6. The van der Waals surface area contributed by atoms with Crippen LogP contribution in [0.3, 0.4) is 0 Å². The van der Waals surface area contributed by atoms with Crippen LogP contribution in [0.15, 0.2) is 37.3 Å². The van der Waals surface area contributed by atoms with Crippen LogP contribution >= 0.6 is 0 Å². The molecular weight excluding hydrogens is 328 g/mol. The number of imidazole rings is 1. The van der Waals surface area contributed by atoms with Gasteiger partial charge in [-0.05, 0) is 37.2 Å². The van der Waals surface area contributed by atoms with Crippen molar-refractivity contribution >= 4 is 11.7 Å². The number of rotatable bonds is 6. The van der Waals surface area contributed by atoms with Gasteiger partial charge in [0.15, 0.2) is 0 Å². The third kappa shape index (κ3) is 3.43. The minimum absolute atomic E-state index is 0.301. The summed E-state index contributed by atoms with van der Waals surface area (Å²) >= 11 is 0. The molecule has 0 N–H and O–H groups in total. The zero-order chi connectivity index (χ0) is 18.0. The van der Waals surface area contributed by atoms with Crippen LogP contribution in [0.1, 0.15) is 32.1 Å². The lowest BCUT2D eigenvalue weighted by molar-refractivity contribution is -0.131. The monoisotopic (exact) mass is 354 g/mol. The zero-order valence-corrected chi connectivity index (χ0v) is 15.3. The van der Waals surface area contributed by atoms with Crippen molar-refractivity contribution in [2.75, 3.05) is 25.0 Å². The highest BCUT2D eigenvalue weighted by Gasteiger charge is 2.50. The molecule has 0 aromatic carbocycles. The molecule has 1 aliphatic carbocycles. The Bertz CT molecular complexity index is 726. The quantitative estimate of drug-likeness (QED) is 0.793. The third-order valence-electron chi connectivity index (χ3n) is 5.97. The molecule has 1 saturated heterocycles. The molecule has 0 radical (unpaired) electrons. The SMILES string of the molecule is CN(c1ccncn1)C1CC2(CCN(C(=O)CCCn3ccnc3)C2)C1. The van der Waals surface area contributed by atoms with Crippen LogP contribution in [-0.4, -0.2) is 56.5 Å². The standard InChI is InChI=1S/C19H26N6O/c1-23(17-4-6-20-14-22-17)16-11-19(12-16)5-9-25(13-19)18(26)3-2-8-24-10-7-21-15-24/h4,6-7,10,14-16H,2-3,5,8-9,11-13H2,1H3. The Balaban J connectivity index is 1.23. The Morgan fingerprint density at radius 2 is 2.23 bits per heavy atom. The molecule has 0 atom stereocenters. The molecule has 3 heterocycles. The molecule has 26 heavy (non-hydrogen) atoms. The van der Waals surface area contributed by atoms with E-state index in [0.717, 1.165) is 51.1 Å². The molecule has 4 rings (SSSR count). The van der Waals surface area contributed by atoms with Crippen molar-refractivity contribution in [3.8, 4) is 0 Å². The number of aromatic nitrogens is 4. The van der Waals surface area contributed by atoms with Crippen LogP contribution < -0.4 is 4.90 Å². The van der Waals surface area contributed by atoms with Gasteiger partial charge in [-0.25, -0.2) is 15.0 Å². The molecule has 2 aliphatic rings. The summed E-state index contributed by atoms with van der Waals surface area (Å²) in [7, 11) is 2.10. The van der Waals surface area contributed by atoms with E-state index in [1.54, 1.807) is 25.0 Å². The van der Waals surface area contributed by atoms with Crippen molar-refractivity contribution < 1.29 is 4.79 Å². The molecule has 1 aliphatic heterocycles. The van der Waals surface area contributed by atoms with Crippen LogP contribution in [-0.2, 0) is 11.3 Å². The topological polar surface area (TPSA) is 67.2 Å². The zero-order valence-electron chi connectivity index (χ0n) is 15.3. The smallest absolute Gasteiger partial charge is 0.222 e. The van der Waals surface area contributed by atoms with Crippen LogP contribution in [0, 0.1) is 5.41 Å². The molecule has 1 amide bonds. The van der Waals surface area contributed by atoms with Crippen LogP contribution in [0.5, 0.6) is 0 Å². The average molecular weight is 354 g/mol. The summed E-state index contributed by atoms with van der Waals surface area (Å²) in [5, 5.41) is 0. The van der Waals surface area contributed by atoms with E-state index in [2.05, 4.69) is 31.8 Å². The maximum Gasteiger partial charge on any atom is 0.222 e. The molecule has 1 spiro atoms. The Labute approximate surface area is 154 Å². The molecule has 1 saturated carbocycles. The number of carbonyl (C=O) groups is 1. The fourth-order valence-corrected chi connectivity index (χ4v) is 4.36. The number of carbonyl (C=O) groups excluding carboxylic acids is 1. The first-order chi connectivity index (χ1) is 12.7. The van der Waals surface area contributed by atoms with E-state index in [1.165, 1.54) is 0 Å². The first kappa shape index (κ1) is 17.0. The highest BCUT2D eigenvalue weighted by atomic mass is 16.2. The van der Waals surface area contributed by atoms with E-state index in [9.17, 15) is 4.79 Å². The fourth-order valence-electron chi connectivity index (χ4n) is 4.36. The molecule has 0 unspecified atom stereocenters. The van der Waals surface area contributed by atoms with Gasteiger partial charge in [0.25, 0.3) is 0 Å². The van der Waals surface area contributed by atoms with Crippen molar-refractivity contribution in [1.29, 1.82) is 0 Å². The van der Waals surface area contributed by atoms with Gasteiger partial charge in [-0.3, -0.25) is 4.79 Å². The second-order valence-corrected chi connectivity index (χ2v) is 7.71. The van der Waals surface area contributed by atoms with E-state index >= 15 is 0 Å². The minimum atomic E-state index is 0.301. The van der Waals surface area contributed by atoms with Gasteiger partial charge in [0.2, 0.25) is 5.91 Å². The molecule has 2 aromatic rings. The molecule has 7 nitrogen and oxygen atoms in total. The molecule has 7 heteroatoms. The van der Waals surface area contributed by atoms with E-state index < -0.39 is 0 Å². The van der Waals surface area contributed by atoms with E-state index in [4.69, 9.17) is 0 Å². The number of likely N-dealkylation sites (tertiary alicyclic amines) is 1. The number of hydrogen-bond acceptors (Lipinski definition) is 5. The summed E-state index contributed by atoms with van der Waals surface area (Å²) in [6.45, 7) is 2.69. The number of anilines is 1. The predicted molar refractivity (Wildman–Crippen MR) is 98.5 cm³/mol. The Morgan fingerprint density at radius 3 is 2.96 bits per heavy atom. The first-order valence-electron chi connectivity index (χ1n) is 9.38.